The molecule has 0 aliphatic carbocycles. The molecule has 52 heavy (non-hydrogen) atoms. The Hall–Kier alpha value is -3.32. The van der Waals surface area contributed by atoms with Crippen molar-refractivity contribution in [1.29, 1.82) is 0 Å². The van der Waals surface area contributed by atoms with Crippen molar-refractivity contribution in [1.82, 2.24) is 26.6 Å². The highest BCUT2D eigenvalue weighted by Crippen LogP contribution is 2.18. The number of rotatable bonds is 26. The van der Waals surface area contributed by atoms with Crippen molar-refractivity contribution >= 4 is 23.5 Å². The predicted octanol–water partition coefficient (Wildman–Crippen LogP) is 3.86. The number of ether oxygens (including phenoxy) is 2. The van der Waals surface area contributed by atoms with E-state index in [1.54, 1.807) is 20.8 Å². The number of carbonyl (C=O) groups excluding carboxylic acids is 4. The summed E-state index contributed by atoms with van der Waals surface area (Å²) >= 11 is 0. The quantitative estimate of drug-likeness (QED) is 0.0641. The van der Waals surface area contributed by atoms with E-state index in [2.05, 4.69) is 33.2 Å². The maximum absolute atomic E-state index is 13.7. The minimum absolute atomic E-state index is 0.0261. The van der Waals surface area contributed by atoms with E-state index in [9.17, 15) is 24.3 Å². The molecule has 3 amide bonds. The van der Waals surface area contributed by atoms with Crippen LogP contribution in [0.2, 0.25) is 0 Å². The molecule has 13 nitrogen and oxygen atoms in total. The van der Waals surface area contributed by atoms with Gasteiger partial charge in [0.1, 0.15) is 17.4 Å². The summed E-state index contributed by atoms with van der Waals surface area (Å²) in [5.74, 6) is -0.783. The largest absolute Gasteiger partial charge is 0.497 e. The molecule has 6 atom stereocenters. The lowest BCUT2D eigenvalue weighted by Gasteiger charge is -2.30. The lowest BCUT2D eigenvalue weighted by Crippen LogP contribution is -2.53. The Morgan fingerprint density at radius 2 is 1.40 bits per heavy atom. The van der Waals surface area contributed by atoms with Crippen molar-refractivity contribution in [3.05, 3.63) is 23.9 Å². The number of aliphatic hydroxyl groups is 1. The van der Waals surface area contributed by atoms with Crippen LogP contribution in [0.1, 0.15) is 116 Å². The topological polar surface area (TPSA) is 193 Å². The Labute approximate surface area is 314 Å². The van der Waals surface area contributed by atoms with Crippen LogP contribution in [0.4, 0.5) is 0 Å². The zero-order valence-corrected chi connectivity index (χ0v) is 34.5. The molecular formula is C39H74N6O7. The highest BCUT2D eigenvalue weighted by Gasteiger charge is 2.30. The van der Waals surface area contributed by atoms with E-state index >= 15 is 0 Å². The van der Waals surface area contributed by atoms with Crippen LogP contribution in [0.5, 0.6) is 0 Å². The molecule has 0 aliphatic heterocycles. The summed E-state index contributed by atoms with van der Waals surface area (Å²) in [6, 6.07) is -1.81. The van der Waals surface area contributed by atoms with Crippen molar-refractivity contribution in [2.45, 2.75) is 146 Å². The molecule has 0 aliphatic rings. The van der Waals surface area contributed by atoms with Gasteiger partial charge in [-0.25, -0.2) is 0 Å². The van der Waals surface area contributed by atoms with Crippen molar-refractivity contribution in [2.24, 2.45) is 35.3 Å². The maximum Gasteiger partial charge on any atom is 0.223 e. The summed E-state index contributed by atoms with van der Waals surface area (Å²) in [6.07, 6.45) is 0.164. The Balaban J connectivity index is 5.76. The first-order chi connectivity index (χ1) is 24.0. The molecule has 0 saturated carbocycles. The number of Topliss-reactive ketones (excluding diaryl/α,β-unsaturated/α-hetero) is 1. The number of nitrogens with two attached hydrogens (primary N) is 1. The van der Waals surface area contributed by atoms with Gasteiger partial charge in [-0.3, -0.25) is 19.2 Å². The van der Waals surface area contributed by atoms with Gasteiger partial charge in [0.25, 0.3) is 0 Å². The van der Waals surface area contributed by atoms with Crippen LogP contribution < -0.4 is 32.3 Å². The van der Waals surface area contributed by atoms with E-state index < -0.39 is 35.6 Å². The van der Waals surface area contributed by atoms with Crippen molar-refractivity contribution in [2.75, 3.05) is 26.2 Å². The van der Waals surface area contributed by atoms with Gasteiger partial charge in [0.15, 0.2) is 11.7 Å². The monoisotopic (exact) mass is 739 g/mol. The molecule has 0 spiro atoms. The average Bonchev–Trinajstić information content (AvgIpc) is 3.01. The highest BCUT2D eigenvalue weighted by atomic mass is 16.5. The van der Waals surface area contributed by atoms with E-state index in [4.69, 9.17) is 15.2 Å². The Kier molecular flexibility index (Phi) is 22.5. The molecule has 4 unspecified atom stereocenters. The van der Waals surface area contributed by atoms with Gasteiger partial charge in [0, 0.05) is 55.5 Å². The van der Waals surface area contributed by atoms with Crippen LogP contribution in [-0.4, -0.2) is 84.7 Å². The minimum Gasteiger partial charge on any atom is -0.497 e. The summed E-state index contributed by atoms with van der Waals surface area (Å²) < 4.78 is 11.2. The third-order valence-corrected chi connectivity index (χ3v) is 8.44. The maximum atomic E-state index is 13.7. The zero-order valence-electron chi connectivity index (χ0n) is 34.5. The smallest absolute Gasteiger partial charge is 0.223 e. The number of allylic oxidation sites excluding steroid dienone is 2. The first kappa shape index (κ1) is 48.7. The molecule has 0 bridgehead atoms. The van der Waals surface area contributed by atoms with Crippen LogP contribution in [0.15, 0.2) is 23.9 Å². The van der Waals surface area contributed by atoms with Gasteiger partial charge in [-0.15, -0.1) is 0 Å². The van der Waals surface area contributed by atoms with E-state index in [-0.39, 0.29) is 79.6 Å². The van der Waals surface area contributed by atoms with Gasteiger partial charge in [0.05, 0.1) is 19.3 Å². The molecule has 0 radical (unpaired) electrons. The van der Waals surface area contributed by atoms with Gasteiger partial charge in [-0.1, -0.05) is 55.4 Å². The Morgan fingerprint density at radius 3 is 1.92 bits per heavy atom. The molecule has 0 saturated heterocycles. The first-order valence-corrected chi connectivity index (χ1v) is 19.0. The normalized spacial score (nSPS) is 15.9. The van der Waals surface area contributed by atoms with Gasteiger partial charge in [-0.05, 0) is 71.8 Å². The number of aliphatic hydroxyl groups excluding tert-OH is 1. The van der Waals surface area contributed by atoms with Crippen LogP contribution >= 0.6 is 0 Å². The van der Waals surface area contributed by atoms with Crippen molar-refractivity contribution in [3.63, 3.8) is 0 Å². The van der Waals surface area contributed by atoms with Crippen LogP contribution in [0, 0.1) is 29.6 Å². The van der Waals surface area contributed by atoms with Crippen LogP contribution in [-0.2, 0) is 28.7 Å². The van der Waals surface area contributed by atoms with Crippen molar-refractivity contribution < 1.29 is 33.8 Å². The van der Waals surface area contributed by atoms with Crippen LogP contribution in [0.25, 0.3) is 0 Å². The highest BCUT2D eigenvalue weighted by molar-refractivity contribution is 5.91. The minimum atomic E-state index is -0.951. The summed E-state index contributed by atoms with van der Waals surface area (Å²) in [6.45, 7) is 29.5. The second-order valence-corrected chi connectivity index (χ2v) is 16.2. The average molecular weight is 739 g/mol. The summed E-state index contributed by atoms with van der Waals surface area (Å²) in [5.41, 5.74) is 6.10. The Bertz CT molecular complexity index is 1160. The fourth-order valence-electron chi connectivity index (χ4n) is 5.30. The standard InChI is InChI=1S/C39H74N6O7/c1-15-51-28(10)30(40)17-26(8)37(49)45-33(21-41-29(11)52-39(12,13)14)35(47)22-42-32(16-23(2)3)34(46)18-27(9)38(50)44-31(25(6)7)19-36(48)43-20-24(4)5/h23-27,31-34,41-42,46H,11,15-22,40H2,1-10,12-14H3,(H,43,48)(H,44,50)(H,45,49)/b30-28-/t26?,27?,31-,32+,33?,34?/m1/s1. The molecule has 0 fully saturated rings. The van der Waals surface area contributed by atoms with Gasteiger partial charge >= 0.3 is 0 Å². The Morgan fingerprint density at radius 1 is 0.808 bits per heavy atom. The molecule has 0 heterocycles. The van der Waals surface area contributed by atoms with E-state index in [0.717, 1.165) is 0 Å². The molecule has 302 valence electrons. The third-order valence-electron chi connectivity index (χ3n) is 8.44. The second kappa shape index (κ2) is 24.1. The van der Waals surface area contributed by atoms with Gasteiger partial charge in [0.2, 0.25) is 17.7 Å². The zero-order chi connectivity index (χ0) is 40.3. The summed E-state index contributed by atoms with van der Waals surface area (Å²) in [7, 11) is 0. The fraction of sp³-hybridized carbons (Fsp3) is 0.795. The number of hydrogen-bond donors (Lipinski definition) is 7. The number of nitrogens with one attached hydrogen (secondary N) is 5. The van der Waals surface area contributed by atoms with E-state index in [1.165, 1.54) is 0 Å². The van der Waals surface area contributed by atoms with Crippen molar-refractivity contribution in [3.8, 4) is 0 Å². The van der Waals surface area contributed by atoms with E-state index in [1.807, 2.05) is 69.2 Å². The predicted molar refractivity (Wildman–Crippen MR) is 207 cm³/mol. The molecule has 13 heteroatoms. The fourth-order valence-corrected chi connectivity index (χ4v) is 5.30. The number of ketones is 1. The van der Waals surface area contributed by atoms with Gasteiger partial charge in [-0.2, -0.15) is 0 Å². The molecular weight excluding hydrogens is 664 g/mol. The third kappa shape index (κ3) is 21.3. The number of carbonyl (C=O) groups is 4. The summed E-state index contributed by atoms with van der Waals surface area (Å²) in [4.78, 5) is 52.7. The van der Waals surface area contributed by atoms with E-state index in [0.29, 0.717) is 36.9 Å². The lowest BCUT2D eigenvalue weighted by molar-refractivity contribution is -0.129. The second-order valence-electron chi connectivity index (χ2n) is 16.2. The van der Waals surface area contributed by atoms with Gasteiger partial charge < -0.3 is 46.9 Å². The number of amides is 3. The number of hydrogen-bond acceptors (Lipinski definition) is 10. The van der Waals surface area contributed by atoms with Crippen LogP contribution in [0.3, 0.4) is 0 Å². The first-order valence-electron chi connectivity index (χ1n) is 19.0. The molecule has 0 aromatic rings. The molecule has 0 rings (SSSR count). The lowest BCUT2D eigenvalue weighted by atomic mass is 9.91. The molecule has 0 aromatic carbocycles. The molecule has 8 N–H and O–H groups in total. The SMILES string of the molecule is C=C(NCC(NC(=O)C(C)C/C(N)=C(\C)OCC)C(=O)CN[C@@H](CC(C)C)C(O)CC(C)C(=O)N[C@H](CC(=O)NCC(C)C)C(C)C)OC(C)(C)C. The summed E-state index contributed by atoms with van der Waals surface area (Å²) in [5, 5.41) is 26.3. The molecule has 0 aromatic heterocycles.